The molecule has 0 N–H and O–H groups in total. The monoisotopic (exact) mass is 622 g/mol. The van der Waals surface area contributed by atoms with Crippen LogP contribution in [0, 0.1) is 35.5 Å². The SMILES string of the molecule is C1=CC2CC(=C(c3ccccc3)c3ccccc3)C(C=C1)C2CCCCC1C2C=CC=CC1C(=C(c1ccccc1)c1ccccc1)C2. The van der Waals surface area contributed by atoms with E-state index in [0.717, 1.165) is 12.8 Å². The lowest BCUT2D eigenvalue weighted by molar-refractivity contribution is 0.331. The minimum atomic E-state index is 0.495. The lowest BCUT2D eigenvalue weighted by Crippen LogP contribution is -2.14. The summed E-state index contributed by atoms with van der Waals surface area (Å²) in [6, 6.07) is 44.4. The Morgan fingerprint density at radius 2 is 0.708 bits per heavy atom. The molecule has 4 aliphatic rings. The summed E-state index contributed by atoms with van der Waals surface area (Å²) in [7, 11) is 0. The van der Waals surface area contributed by atoms with E-state index in [2.05, 4.69) is 170 Å². The third-order valence-electron chi connectivity index (χ3n) is 11.5. The summed E-state index contributed by atoms with van der Waals surface area (Å²) in [4.78, 5) is 0. The van der Waals surface area contributed by atoms with Crippen molar-refractivity contribution in [1.82, 2.24) is 0 Å². The Labute approximate surface area is 287 Å². The van der Waals surface area contributed by atoms with E-state index >= 15 is 0 Å². The van der Waals surface area contributed by atoms with Gasteiger partial charge in [0.15, 0.2) is 0 Å². The maximum absolute atomic E-state index is 2.52. The Morgan fingerprint density at radius 1 is 0.396 bits per heavy atom. The summed E-state index contributed by atoms with van der Waals surface area (Å²) in [5, 5.41) is 0. The Hall–Kier alpha value is -4.68. The molecule has 0 amide bonds. The van der Waals surface area contributed by atoms with Crippen LogP contribution in [0.4, 0.5) is 0 Å². The quantitative estimate of drug-likeness (QED) is 0.163. The van der Waals surface area contributed by atoms with Gasteiger partial charge in [0, 0.05) is 11.8 Å². The van der Waals surface area contributed by atoms with Crippen LogP contribution >= 0.6 is 0 Å². The number of hydrogen-bond donors (Lipinski definition) is 0. The first-order valence-electron chi connectivity index (χ1n) is 18.2. The van der Waals surface area contributed by atoms with Gasteiger partial charge in [-0.2, -0.15) is 0 Å². The highest BCUT2D eigenvalue weighted by Gasteiger charge is 2.41. The van der Waals surface area contributed by atoms with Crippen LogP contribution in [0.1, 0.15) is 60.8 Å². The smallest absolute Gasteiger partial charge is 0.00235 e. The zero-order chi connectivity index (χ0) is 32.1. The van der Waals surface area contributed by atoms with Crippen molar-refractivity contribution in [2.75, 3.05) is 0 Å². The molecule has 8 rings (SSSR count). The zero-order valence-electron chi connectivity index (χ0n) is 27.9. The van der Waals surface area contributed by atoms with Gasteiger partial charge in [-0.15, -0.1) is 0 Å². The van der Waals surface area contributed by atoms with E-state index in [0.29, 0.717) is 35.5 Å². The van der Waals surface area contributed by atoms with E-state index in [4.69, 9.17) is 0 Å². The van der Waals surface area contributed by atoms with Gasteiger partial charge < -0.3 is 0 Å². The third-order valence-corrected chi connectivity index (χ3v) is 11.5. The van der Waals surface area contributed by atoms with Crippen LogP contribution in [0.2, 0.25) is 0 Å². The number of allylic oxidation sites excluding steroid dienone is 10. The Balaban J connectivity index is 1.03. The van der Waals surface area contributed by atoms with Crippen LogP contribution in [0.5, 0.6) is 0 Å². The van der Waals surface area contributed by atoms with Crippen molar-refractivity contribution in [3.05, 3.63) is 203 Å². The standard InChI is InChI=1S/C48H46/c1-5-19-35(20-6-1)47(36-21-7-2-8-22-36)45-33-39-27-13-15-31-43(45)41(39)29-17-18-30-42-40-28-14-16-32-44(42)46(34-40)48(37-23-9-3-10-24-37)38-25-11-4-12-26-38/h1-16,19-28,31-32,39-44H,17-18,29-30,33-34H2. The van der Waals surface area contributed by atoms with Crippen LogP contribution in [0.25, 0.3) is 11.1 Å². The highest BCUT2D eigenvalue weighted by molar-refractivity contribution is 5.84. The minimum Gasteiger partial charge on any atom is -0.0808 e. The maximum atomic E-state index is 2.52. The Morgan fingerprint density at radius 3 is 1.04 bits per heavy atom. The molecule has 2 saturated carbocycles. The molecule has 0 heterocycles. The molecule has 6 unspecified atom stereocenters. The number of benzene rings is 4. The van der Waals surface area contributed by atoms with Gasteiger partial charge in [0.05, 0.1) is 0 Å². The van der Waals surface area contributed by atoms with E-state index in [9.17, 15) is 0 Å². The van der Waals surface area contributed by atoms with Crippen LogP contribution in [0.15, 0.2) is 181 Å². The molecule has 4 aromatic rings. The molecule has 2 fully saturated rings. The average molecular weight is 623 g/mol. The highest BCUT2D eigenvalue weighted by Crippen LogP contribution is 2.52. The predicted octanol–water partition coefficient (Wildman–Crippen LogP) is 12.3. The summed E-state index contributed by atoms with van der Waals surface area (Å²) in [5.74, 6) is 3.54. The summed E-state index contributed by atoms with van der Waals surface area (Å²) in [6.45, 7) is 0. The van der Waals surface area contributed by atoms with E-state index < -0.39 is 0 Å². The van der Waals surface area contributed by atoms with Gasteiger partial charge in [-0.3, -0.25) is 0 Å². The molecule has 0 saturated heterocycles. The van der Waals surface area contributed by atoms with E-state index in [-0.39, 0.29) is 0 Å². The van der Waals surface area contributed by atoms with Crippen molar-refractivity contribution < 1.29 is 0 Å². The Bertz CT molecular complexity index is 1640. The second-order valence-corrected chi connectivity index (χ2v) is 14.2. The molecule has 4 aliphatic carbocycles. The van der Waals surface area contributed by atoms with Gasteiger partial charge in [-0.05, 0) is 82.8 Å². The van der Waals surface area contributed by atoms with Crippen LogP contribution in [-0.4, -0.2) is 0 Å². The van der Waals surface area contributed by atoms with E-state index in [1.807, 2.05) is 0 Å². The van der Waals surface area contributed by atoms with Crippen LogP contribution in [0.3, 0.4) is 0 Å². The largest absolute Gasteiger partial charge is 0.0808 e. The summed E-state index contributed by atoms with van der Waals surface area (Å²) < 4.78 is 0. The molecule has 238 valence electrons. The van der Waals surface area contributed by atoms with Gasteiger partial charge in [0.2, 0.25) is 0 Å². The normalized spacial score (nSPS) is 25.2. The van der Waals surface area contributed by atoms with Crippen molar-refractivity contribution in [1.29, 1.82) is 0 Å². The molecule has 0 heteroatoms. The fraction of sp³-hybridized carbons (Fsp3) is 0.250. The second-order valence-electron chi connectivity index (χ2n) is 14.2. The molecular weight excluding hydrogens is 577 g/mol. The van der Waals surface area contributed by atoms with Gasteiger partial charge in [-0.25, -0.2) is 0 Å². The van der Waals surface area contributed by atoms with Gasteiger partial charge in [-0.1, -0.05) is 194 Å². The molecule has 0 nitrogen and oxygen atoms in total. The van der Waals surface area contributed by atoms with Crippen molar-refractivity contribution in [2.45, 2.75) is 38.5 Å². The molecule has 4 bridgehead atoms. The van der Waals surface area contributed by atoms with Crippen molar-refractivity contribution in [3.8, 4) is 0 Å². The lowest BCUT2D eigenvalue weighted by atomic mass is 9.80. The number of fused-ring (bicyclic) bond motifs is 4. The zero-order valence-corrected chi connectivity index (χ0v) is 27.9. The van der Waals surface area contributed by atoms with Crippen LogP contribution in [-0.2, 0) is 0 Å². The van der Waals surface area contributed by atoms with Crippen LogP contribution < -0.4 is 0 Å². The number of unbranched alkanes of at least 4 members (excludes halogenated alkanes) is 1. The fourth-order valence-corrected chi connectivity index (χ4v) is 9.43. The summed E-state index contributed by atoms with van der Waals surface area (Å²) >= 11 is 0. The lowest BCUT2D eigenvalue weighted by Gasteiger charge is -2.24. The number of hydrogen-bond acceptors (Lipinski definition) is 0. The topological polar surface area (TPSA) is 0 Å². The molecule has 0 spiro atoms. The molecule has 0 radical (unpaired) electrons. The van der Waals surface area contributed by atoms with Gasteiger partial charge >= 0.3 is 0 Å². The van der Waals surface area contributed by atoms with E-state index in [1.54, 1.807) is 11.1 Å². The maximum Gasteiger partial charge on any atom is 0.00235 e. The molecular formula is C48H46. The molecule has 4 aromatic carbocycles. The molecule has 6 atom stereocenters. The minimum absolute atomic E-state index is 0.495. The fourth-order valence-electron chi connectivity index (χ4n) is 9.43. The van der Waals surface area contributed by atoms with E-state index in [1.165, 1.54) is 59.1 Å². The second kappa shape index (κ2) is 14.2. The van der Waals surface area contributed by atoms with Gasteiger partial charge in [0.1, 0.15) is 0 Å². The van der Waals surface area contributed by atoms with Crippen molar-refractivity contribution in [2.24, 2.45) is 35.5 Å². The third kappa shape index (κ3) is 6.17. The molecule has 0 aromatic heterocycles. The van der Waals surface area contributed by atoms with Gasteiger partial charge in [0.25, 0.3) is 0 Å². The highest BCUT2D eigenvalue weighted by atomic mass is 14.4. The first-order valence-corrected chi connectivity index (χ1v) is 18.2. The first kappa shape index (κ1) is 30.6. The summed E-state index contributed by atoms with van der Waals surface area (Å²) in [6.07, 6.45) is 26.8. The Kier molecular flexibility index (Phi) is 9.07. The molecule has 48 heavy (non-hydrogen) atoms. The summed E-state index contributed by atoms with van der Waals surface area (Å²) in [5.41, 5.74) is 11.6. The first-order chi connectivity index (χ1) is 23.8. The predicted molar refractivity (Wildman–Crippen MR) is 203 cm³/mol. The molecule has 0 aliphatic heterocycles. The average Bonchev–Trinajstić information content (AvgIpc) is 3.45. The van der Waals surface area contributed by atoms with Crippen molar-refractivity contribution in [3.63, 3.8) is 0 Å². The number of rotatable bonds is 9. The van der Waals surface area contributed by atoms with Crippen molar-refractivity contribution >= 4 is 11.1 Å².